The van der Waals surface area contributed by atoms with Crippen LogP contribution in [0.5, 0.6) is 0 Å². The molecule has 4 heteroatoms. The Kier molecular flexibility index (Phi) is 11.0. The zero-order chi connectivity index (χ0) is 11.6. The van der Waals surface area contributed by atoms with E-state index in [2.05, 4.69) is 9.47 Å². The molecule has 0 heterocycles. The van der Waals surface area contributed by atoms with Gasteiger partial charge >= 0.3 is 11.9 Å². The van der Waals surface area contributed by atoms with Gasteiger partial charge in [-0.25, -0.2) is 0 Å². The van der Waals surface area contributed by atoms with E-state index in [1.54, 1.807) is 13.8 Å². The molecule has 0 aliphatic carbocycles. The van der Waals surface area contributed by atoms with E-state index >= 15 is 0 Å². The van der Waals surface area contributed by atoms with Crippen molar-refractivity contribution in [1.82, 2.24) is 0 Å². The van der Waals surface area contributed by atoms with Crippen LogP contribution in [-0.4, -0.2) is 26.2 Å². The highest BCUT2D eigenvalue weighted by Crippen LogP contribution is 1.91. The van der Waals surface area contributed by atoms with E-state index in [4.69, 9.17) is 0 Å². The van der Waals surface area contributed by atoms with Gasteiger partial charge in [-0.15, -0.1) is 0 Å². The molecule has 0 aliphatic heterocycles. The molecule has 0 unspecified atom stereocenters. The molecule has 0 saturated heterocycles. The molecular weight excluding hydrogens is 184 g/mol. The van der Waals surface area contributed by atoms with Gasteiger partial charge in [0.05, 0.1) is 20.1 Å². The van der Waals surface area contributed by atoms with Crippen molar-refractivity contribution in [3.05, 3.63) is 0 Å². The predicted molar refractivity (Wildman–Crippen MR) is 53.8 cm³/mol. The van der Waals surface area contributed by atoms with Crippen LogP contribution in [0.15, 0.2) is 0 Å². The fourth-order valence-electron chi connectivity index (χ4n) is 0.542. The quantitative estimate of drug-likeness (QED) is 0.657. The standard InChI is InChI=1S/2C5H10O2/c1-4(2)5(6)7-3;1-3-4-5(6)7-2/h4H,1-3H3;3-4H2,1-2H3. The monoisotopic (exact) mass is 204 g/mol. The summed E-state index contributed by atoms with van der Waals surface area (Å²) in [5.74, 6) is -0.271. The number of carbonyl (C=O) groups is 2. The van der Waals surface area contributed by atoms with Gasteiger partial charge in [-0.3, -0.25) is 9.59 Å². The van der Waals surface area contributed by atoms with Crippen LogP contribution < -0.4 is 0 Å². The van der Waals surface area contributed by atoms with Crippen LogP contribution in [0, 0.1) is 5.92 Å². The molecule has 0 N–H and O–H groups in total. The third kappa shape index (κ3) is 10.9. The van der Waals surface area contributed by atoms with Crippen molar-refractivity contribution in [2.45, 2.75) is 33.6 Å². The molecule has 0 radical (unpaired) electrons. The zero-order valence-corrected chi connectivity index (χ0v) is 9.62. The van der Waals surface area contributed by atoms with Gasteiger partial charge in [0.2, 0.25) is 0 Å². The fourth-order valence-corrected chi connectivity index (χ4v) is 0.542. The summed E-state index contributed by atoms with van der Waals surface area (Å²) < 4.78 is 8.72. The van der Waals surface area contributed by atoms with Crippen LogP contribution in [0.4, 0.5) is 0 Å². The van der Waals surface area contributed by atoms with E-state index in [0.717, 1.165) is 6.42 Å². The Labute approximate surface area is 85.6 Å². The second-order valence-electron chi connectivity index (χ2n) is 3.00. The summed E-state index contributed by atoms with van der Waals surface area (Å²) in [7, 11) is 2.79. The Morgan fingerprint density at radius 1 is 1.14 bits per heavy atom. The molecule has 0 amide bonds. The molecule has 4 nitrogen and oxygen atoms in total. The number of ether oxygens (including phenoxy) is 2. The highest BCUT2D eigenvalue weighted by atomic mass is 16.5. The first-order valence-corrected chi connectivity index (χ1v) is 4.64. The highest BCUT2D eigenvalue weighted by Gasteiger charge is 2.03. The topological polar surface area (TPSA) is 52.6 Å². The molecule has 0 fully saturated rings. The van der Waals surface area contributed by atoms with Crippen LogP contribution >= 0.6 is 0 Å². The van der Waals surface area contributed by atoms with Crippen molar-refractivity contribution in [3.63, 3.8) is 0 Å². The first-order chi connectivity index (χ1) is 6.49. The zero-order valence-electron chi connectivity index (χ0n) is 9.62. The number of methoxy groups -OCH3 is 2. The second-order valence-corrected chi connectivity index (χ2v) is 3.00. The van der Waals surface area contributed by atoms with E-state index in [0.29, 0.717) is 6.42 Å². The van der Waals surface area contributed by atoms with E-state index in [9.17, 15) is 9.59 Å². The van der Waals surface area contributed by atoms with Gasteiger partial charge < -0.3 is 9.47 Å². The van der Waals surface area contributed by atoms with E-state index in [-0.39, 0.29) is 17.9 Å². The lowest BCUT2D eigenvalue weighted by Crippen LogP contribution is -2.07. The molecule has 0 bridgehead atoms. The highest BCUT2D eigenvalue weighted by molar-refractivity contribution is 5.71. The van der Waals surface area contributed by atoms with Gasteiger partial charge in [0.15, 0.2) is 0 Å². The molecule has 0 spiro atoms. The van der Waals surface area contributed by atoms with Crippen LogP contribution in [0.3, 0.4) is 0 Å². The normalized spacial score (nSPS) is 8.71. The minimum absolute atomic E-state index is 0.00463. The summed E-state index contributed by atoms with van der Waals surface area (Å²) in [5, 5.41) is 0. The summed E-state index contributed by atoms with van der Waals surface area (Å²) in [6.07, 6.45) is 1.41. The molecular formula is C10H20O4. The van der Waals surface area contributed by atoms with Gasteiger partial charge in [-0.2, -0.15) is 0 Å². The lowest BCUT2D eigenvalue weighted by Gasteiger charge is -1.97. The second kappa shape index (κ2) is 10.0. The van der Waals surface area contributed by atoms with Gasteiger partial charge in [0.1, 0.15) is 0 Å². The maximum atomic E-state index is 10.3. The smallest absolute Gasteiger partial charge is 0.308 e. The van der Waals surface area contributed by atoms with Gasteiger partial charge in [0.25, 0.3) is 0 Å². The van der Waals surface area contributed by atoms with Gasteiger partial charge in [0, 0.05) is 6.42 Å². The average molecular weight is 204 g/mol. The third-order valence-corrected chi connectivity index (χ3v) is 1.35. The Hall–Kier alpha value is -1.06. The van der Waals surface area contributed by atoms with Crippen molar-refractivity contribution < 1.29 is 19.1 Å². The number of carbonyl (C=O) groups excluding carboxylic acids is 2. The molecule has 0 aromatic heterocycles. The van der Waals surface area contributed by atoms with Crippen LogP contribution in [0.2, 0.25) is 0 Å². The number of rotatable bonds is 3. The molecule has 0 aromatic carbocycles. The van der Waals surface area contributed by atoms with Crippen molar-refractivity contribution in [2.75, 3.05) is 14.2 Å². The molecule has 0 rings (SSSR count). The SMILES string of the molecule is CCCC(=O)OC.COC(=O)C(C)C. The first kappa shape index (κ1) is 15.4. The molecule has 0 aliphatic rings. The largest absolute Gasteiger partial charge is 0.469 e. The Morgan fingerprint density at radius 3 is 1.71 bits per heavy atom. The van der Waals surface area contributed by atoms with Crippen molar-refractivity contribution in [3.8, 4) is 0 Å². The maximum Gasteiger partial charge on any atom is 0.308 e. The van der Waals surface area contributed by atoms with Crippen molar-refractivity contribution in [1.29, 1.82) is 0 Å². The minimum Gasteiger partial charge on any atom is -0.469 e. The minimum atomic E-state index is -0.153. The Morgan fingerprint density at radius 2 is 1.64 bits per heavy atom. The summed E-state index contributed by atoms with van der Waals surface area (Å²) in [4.78, 5) is 20.5. The van der Waals surface area contributed by atoms with Crippen LogP contribution in [0.25, 0.3) is 0 Å². The van der Waals surface area contributed by atoms with E-state index in [1.165, 1.54) is 14.2 Å². The number of esters is 2. The summed E-state index contributed by atoms with van der Waals surface area (Å²) in [6, 6.07) is 0. The molecule has 0 atom stereocenters. The lowest BCUT2D eigenvalue weighted by molar-refractivity contribution is -0.144. The van der Waals surface area contributed by atoms with E-state index < -0.39 is 0 Å². The number of hydrogen-bond acceptors (Lipinski definition) is 4. The van der Waals surface area contributed by atoms with Gasteiger partial charge in [-0.1, -0.05) is 20.8 Å². The van der Waals surface area contributed by atoms with E-state index in [1.807, 2.05) is 6.92 Å². The Bertz CT molecular complexity index is 164. The van der Waals surface area contributed by atoms with Crippen LogP contribution in [0.1, 0.15) is 33.6 Å². The van der Waals surface area contributed by atoms with Crippen molar-refractivity contribution >= 4 is 11.9 Å². The average Bonchev–Trinajstić information content (AvgIpc) is 2.17. The molecule has 84 valence electrons. The van der Waals surface area contributed by atoms with Crippen LogP contribution in [-0.2, 0) is 19.1 Å². The molecule has 14 heavy (non-hydrogen) atoms. The molecule has 0 saturated carbocycles. The summed E-state index contributed by atoms with van der Waals surface area (Å²) in [5.41, 5.74) is 0. The maximum absolute atomic E-state index is 10.3. The summed E-state index contributed by atoms with van der Waals surface area (Å²) in [6.45, 7) is 5.54. The fraction of sp³-hybridized carbons (Fsp3) is 0.800. The lowest BCUT2D eigenvalue weighted by atomic mass is 10.2. The summed E-state index contributed by atoms with van der Waals surface area (Å²) >= 11 is 0. The third-order valence-electron chi connectivity index (χ3n) is 1.35. The first-order valence-electron chi connectivity index (χ1n) is 4.64. The molecule has 0 aromatic rings. The predicted octanol–water partition coefficient (Wildman–Crippen LogP) is 1.77. The van der Waals surface area contributed by atoms with Crippen molar-refractivity contribution in [2.24, 2.45) is 5.92 Å². The van der Waals surface area contributed by atoms with Gasteiger partial charge in [-0.05, 0) is 6.42 Å². The Balaban J connectivity index is 0. The number of hydrogen-bond donors (Lipinski definition) is 0.